The fraction of sp³-hybridized carbons (Fsp3) is 0.294. The summed E-state index contributed by atoms with van der Waals surface area (Å²) in [5.74, 6) is -0.388. The molecule has 0 aliphatic carbocycles. The number of rotatable bonds is 4. The Balaban J connectivity index is 1.65. The molecule has 0 spiro atoms. The van der Waals surface area contributed by atoms with Gasteiger partial charge in [0.1, 0.15) is 10.5 Å². The van der Waals surface area contributed by atoms with Gasteiger partial charge in [-0.1, -0.05) is 23.5 Å². The average molecular weight is 368 g/mol. The van der Waals surface area contributed by atoms with Crippen molar-refractivity contribution in [3.63, 3.8) is 0 Å². The van der Waals surface area contributed by atoms with Crippen molar-refractivity contribution in [2.75, 3.05) is 5.32 Å². The quantitative estimate of drug-likeness (QED) is 0.697. The second kappa shape index (κ2) is 6.51. The monoisotopic (exact) mass is 368 g/mol. The van der Waals surface area contributed by atoms with Crippen LogP contribution < -0.4 is 5.32 Å². The maximum Gasteiger partial charge on any atom is 0.427 e. The molecule has 0 aliphatic heterocycles. The molecule has 132 valence electrons. The summed E-state index contributed by atoms with van der Waals surface area (Å²) in [6.07, 6.45) is -1.56. The highest BCUT2D eigenvalue weighted by atomic mass is 32.1. The SMILES string of the molecule is Cc1ccc2c(CCC(=O)Nc3ncc(C(F)(F)F)s3)coc2c1C. The van der Waals surface area contributed by atoms with Gasteiger partial charge in [-0.05, 0) is 37.0 Å². The number of thiazole rings is 1. The first-order valence-corrected chi connectivity index (χ1v) is 8.36. The fourth-order valence-electron chi connectivity index (χ4n) is 2.47. The molecule has 0 bridgehead atoms. The van der Waals surface area contributed by atoms with Crippen LogP contribution in [0.3, 0.4) is 0 Å². The van der Waals surface area contributed by atoms with E-state index in [1.807, 2.05) is 26.0 Å². The molecule has 1 amide bonds. The van der Waals surface area contributed by atoms with E-state index in [-0.39, 0.29) is 17.5 Å². The third kappa shape index (κ3) is 3.68. The number of fused-ring (bicyclic) bond motifs is 1. The Kier molecular flexibility index (Phi) is 4.55. The smallest absolute Gasteiger partial charge is 0.427 e. The van der Waals surface area contributed by atoms with Gasteiger partial charge in [0.25, 0.3) is 0 Å². The number of anilines is 1. The van der Waals surface area contributed by atoms with Crippen molar-refractivity contribution in [3.8, 4) is 0 Å². The summed E-state index contributed by atoms with van der Waals surface area (Å²) in [5.41, 5.74) is 3.86. The van der Waals surface area contributed by atoms with Crippen LogP contribution in [0.25, 0.3) is 11.0 Å². The largest absolute Gasteiger partial charge is 0.464 e. The minimum absolute atomic E-state index is 0.0548. The molecule has 3 rings (SSSR count). The topological polar surface area (TPSA) is 55.1 Å². The number of benzene rings is 1. The molecule has 2 heterocycles. The summed E-state index contributed by atoms with van der Waals surface area (Å²) in [5, 5.41) is 3.30. The number of nitrogens with one attached hydrogen (secondary N) is 1. The van der Waals surface area contributed by atoms with Gasteiger partial charge < -0.3 is 9.73 Å². The first-order valence-electron chi connectivity index (χ1n) is 7.55. The summed E-state index contributed by atoms with van der Waals surface area (Å²) < 4.78 is 43.2. The molecule has 0 atom stereocenters. The number of furan rings is 1. The number of hydrogen-bond acceptors (Lipinski definition) is 4. The molecule has 0 radical (unpaired) electrons. The van der Waals surface area contributed by atoms with Crippen molar-refractivity contribution < 1.29 is 22.4 Å². The molecule has 3 aromatic rings. The van der Waals surface area contributed by atoms with E-state index in [9.17, 15) is 18.0 Å². The normalized spacial score (nSPS) is 11.9. The number of hydrogen-bond donors (Lipinski definition) is 1. The van der Waals surface area contributed by atoms with Crippen LogP contribution in [-0.2, 0) is 17.4 Å². The van der Waals surface area contributed by atoms with Crippen LogP contribution in [-0.4, -0.2) is 10.9 Å². The molecule has 2 aromatic heterocycles. The second-order valence-electron chi connectivity index (χ2n) is 5.72. The van der Waals surface area contributed by atoms with E-state index in [2.05, 4.69) is 10.3 Å². The zero-order valence-corrected chi connectivity index (χ0v) is 14.3. The Morgan fingerprint density at radius 1 is 1.32 bits per heavy atom. The van der Waals surface area contributed by atoms with E-state index in [0.717, 1.165) is 33.9 Å². The van der Waals surface area contributed by atoms with Gasteiger partial charge in [0.2, 0.25) is 5.91 Å². The van der Waals surface area contributed by atoms with Gasteiger partial charge in [0, 0.05) is 11.8 Å². The molecule has 0 saturated heterocycles. The summed E-state index contributed by atoms with van der Waals surface area (Å²) in [7, 11) is 0. The molecule has 8 heteroatoms. The number of carbonyl (C=O) groups is 1. The van der Waals surface area contributed by atoms with Gasteiger partial charge >= 0.3 is 6.18 Å². The van der Waals surface area contributed by atoms with Crippen molar-refractivity contribution >= 4 is 33.3 Å². The number of halogens is 3. The van der Waals surface area contributed by atoms with Gasteiger partial charge in [0.15, 0.2) is 5.13 Å². The average Bonchev–Trinajstić information content (AvgIpc) is 3.15. The van der Waals surface area contributed by atoms with Crippen LogP contribution in [0.1, 0.15) is 28.0 Å². The number of nitrogens with zero attached hydrogens (tertiary/aromatic N) is 1. The fourth-order valence-corrected chi connectivity index (χ4v) is 3.17. The van der Waals surface area contributed by atoms with Gasteiger partial charge in [0.05, 0.1) is 12.5 Å². The van der Waals surface area contributed by atoms with Crippen LogP contribution in [0.5, 0.6) is 0 Å². The highest BCUT2D eigenvalue weighted by molar-refractivity contribution is 7.15. The maximum absolute atomic E-state index is 12.5. The summed E-state index contributed by atoms with van der Waals surface area (Å²) in [4.78, 5) is 14.7. The Labute approximate surface area is 145 Å². The molecule has 1 N–H and O–H groups in total. The minimum atomic E-state index is -4.45. The van der Waals surface area contributed by atoms with E-state index in [1.165, 1.54) is 0 Å². The standard InChI is InChI=1S/C17H15F3N2O2S/c1-9-3-5-12-11(8-24-15(12)10(9)2)4-6-14(23)22-16-21-7-13(25-16)17(18,19)20/h3,5,7-8H,4,6H2,1-2H3,(H,21,22,23). The zero-order chi connectivity index (χ0) is 18.2. The molecule has 1 aromatic carbocycles. The van der Waals surface area contributed by atoms with Crippen LogP contribution in [0.2, 0.25) is 0 Å². The summed E-state index contributed by atoms with van der Waals surface area (Å²) in [6.45, 7) is 3.96. The lowest BCUT2D eigenvalue weighted by Gasteiger charge is -2.03. The highest BCUT2D eigenvalue weighted by Gasteiger charge is 2.33. The second-order valence-corrected chi connectivity index (χ2v) is 6.75. The molecular formula is C17H15F3N2O2S. The molecule has 0 aliphatic rings. The first kappa shape index (κ1) is 17.5. The molecule has 0 fully saturated rings. The number of carbonyl (C=O) groups excluding carboxylic acids is 1. The molecule has 0 saturated carbocycles. The number of amides is 1. The third-order valence-electron chi connectivity index (χ3n) is 3.99. The van der Waals surface area contributed by atoms with Crippen LogP contribution >= 0.6 is 11.3 Å². The van der Waals surface area contributed by atoms with Crippen LogP contribution in [0.15, 0.2) is 29.0 Å². The Hall–Kier alpha value is -2.35. The van der Waals surface area contributed by atoms with E-state index >= 15 is 0 Å². The molecule has 0 unspecified atom stereocenters. The predicted molar refractivity (Wildman–Crippen MR) is 89.8 cm³/mol. The van der Waals surface area contributed by atoms with E-state index in [0.29, 0.717) is 17.8 Å². The summed E-state index contributed by atoms with van der Waals surface area (Å²) >= 11 is 0.411. The Morgan fingerprint density at radius 3 is 2.76 bits per heavy atom. The number of aryl methyl sites for hydroxylation is 3. The molecular weight excluding hydrogens is 353 g/mol. The maximum atomic E-state index is 12.5. The first-order chi connectivity index (χ1) is 11.8. The van der Waals surface area contributed by atoms with Crippen LogP contribution in [0.4, 0.5) is 18.3 Å². The number of alkyl halides is 3. The highest BCUT2D eigenvalue weighted by Crippen LogP contribution is 2.35. The van der Waals surface area contributed by atoms with Crippen molar-refractivity contribution in [3.05, 3.63) is 46.2 Å². The number of aromatic nitrogens is 1. The van der Waals surface area contributed by atoms with Crippen molar-refractivity contribution in [1.29, 1.82) is 0 Å². The lowest BCUT2D eigenvalue weighted by atomic mass is 10.0. The van der Waals surface area contributed by atoms with Gasteiger partial charge in [-0.3, -0.25) is 4.79 Å². The lowest BCUT2D eigenvalue weighted by Crippen LogP contribution is -2.11. The Morgan fingerprint density at radius 2 is 2.08 bits per heavy atom. The van der Waals surface area contributed by atoms with Gasteiger partial charge in [-0.2, -0.15) is 13.2 Å². The van der Waals surface area contributed by atoms with E-state index < -0.39 is 11.1 Å². The van der Waals surface area contributed by atoms with Gasteiger partial charge in [-0.25, -0.2) is 4.98 Å². The Bertz CT molecular complexity index is 928. The van der Waals surface area contributed by atoms with Crippen molar-refractivity contribution in [1.82, 2.24) is 4.98 Å². The third-order valence-corrected chi connectivity index (χ3v) is 4.95. The van der Waals surface area contributed by atoms with E-state index in [1.54, 1.807) is 6.26 Å². The van der Waals surface area contributed by atoms with Crippen molar-refractivity contribution in [2.45, 2.75) is 32.9 Å². The van der Waals surface area contributed by atoms with E-state index in [4.69, 9.17) is 4.42 Å². The zero-order valence-electron chi connectivity index (χ0n) is 13.5. The van der Waals surface area contributed by atoms with Crippen molar-refractivity contribution in [2.24, 2.45) is 0 Å². The lowest BCUT2D eigenvalue weighted by molar-refractivity contribution is -0.134. The van der Waals surface area contributed by atoms with Crippen LogP contribution in [0, 0.1) is 13.8 Å². The molecule has 25 heavy (non-hydrogen) atoms. The molecule has 4 nitrogen and oxygen atoms in total. The minimum Gasteiger partial charge on any atom is -0.464 e. The summed E-state index contributed by atoms with van der Waals surface area (Å²) in [6, 6.07) is 3.94. The predicted octanol–water partition coefficient (Wildman–Crippen LogP) is 5.10. The van der Waals surface area contributed by atoms with Gasteiger partial charge in [-0.15, -0.1) is 0 Å².